The molecule has 0 radical (unpaired) electrons. The summed E-state index contributed by atoms with van der Waals surface area (Å²) < 4.78 is 2.40. The van der Waals surface area contributed by atoms with Crippen LogP contribution in [0.25, 0.3) is 0 Å². The highest BCUT2D eigenvalue weighted by Crippen LogP contribution is 2.36. The van der Waals surface area contributed by atoms with E-state index in [0.717, 1.165) is 4.47 Å². The van der Waals surface area contributed by atoms with Crippen molar-refractivity contribution in [1.82, 2.24) is 0 Å². The molecular weight excluding hydrogens is 491 g/mol. The maximum Gasteiger partial charge on any atom is 0.0655 e. The molecule has 0 saturated heterocycles. The third kappa shape index (κ3) is 4.31. The van der Waals surface area contributed by atoms with Crippen LogP contribution in [0.5, 0.6) is 0 Å². The van der Waals surface area contributed by atoms with Gasteiger partial charge in [0.15, 0.2) is 0 Å². The van der Waals surface area contributed by atoms with Crippen molar-refractivity contribution < 1.29 is 0 Å². The van der Waals surface area contributed by atoms with Crippen LogP contribution in [0.1, 0.15) is 41.3 Å². The Bertz CT molecular complexity index is 564. The van der Waals surface area contributed by atoms with E-state index >= 15 is 0 Å². The normalized spacial score (nSPS) is 12.4. The van der Waals surface area contributed by atoms with Crippen LogP contribution in [0.4, 0.5) is 0 Å². The Balaban J connectivity index is 2.20. The number of halogens is 3. The molecule has 2 aromatic carbocycles. The van der Waals surface area contributed by atoms with E-state index in [0.29, 0.717) is 0 Å². The molecule has 20 heavy (non-hydrogen) atoms. The number of benzene rings is 2. The van der Waals surface area contributed by atoms with Crippen molar-refractivity contribution in [3.63, 3.8) is 0 Å². The standard InChI is InChI=1S/C17H17Br2I/c1-2-3-4-12-5-7-13(8-6-12)17(19)15-11-14(20)9-10-16(15)18/h5-11,17H,2-4H2,1H3. The fourth-order valence-corrected chi connectivity index (χ4v) is 4.10. The summed E-state index contributed by atoms with van der Waals surface area (Å²) >= 11 is 9.82. The molecule has 0 bridgehead atoms. The maximum atomic E-state index is 3.82. The zero-order chi connectivity index (χ0) is 14.5. The quantitative estimate of drug-likeness (QED) is 0.305. The zero-order valence-corrected chi connectivity index (χ0v) is 16.7. The second-order valence-electron chi connectivity index (χ2n) is 4.87. The Morgan fingerprint density at radius 2 is 1.80 bits per heavy atom. The first-order chi connectivity index (χ1) is 9.61. The van der Waals surface area contributed by atoms with Crippen LogP contribution in [-0.2, 0) is 6.42 Å². The van der Waals surface area contributed by atoms with Gasteiger partial charge in [-0.05, 0) is 70.3 Å². The smallest absolute Gasteiger partial charge is 0.0655 e. The molecule has 0 aromatic heterocycles. The third-order valence-electron chi connectivity index (χ3n) is 3.32. The molecule has 0 nitrogen and oxygen atoms in total. The summed E-state index contributed by atoms with van der Waals surface area (Å²) in [5.74, 6) is 0. The molecule has 2 rings (SSSR count). The Hall–Kier alpha value is 0.130. The van der Waals surface area contributed by atoms with Gasteiger partial charge in [-0.15, -0.1) is 0 Å². The fraction of sp³-hybridized carbons (Fsp3) is 0.294. The Labute approximate surface area is 151 Å². The lowest BCUT2D eigenvalue weighted by atomic mass is 10.0. The summed E-state index contributed by atoms with van der Waals surface area (Å²) in [6, 6.07) is 15.4. The van der Waals surface area contributed by atoms with Gasteiger partial charge >= 0.3 is 0 Å². The molecule has 3 heteroatoms. The van der Waals surface area contributed by atoms with Crippen LogP contribution in [-0.4, -0.2) is 0 Å². The van der Waals surface area contributed by atoms with Crippen LogP contribution < -0.4 is 0 Å². The van der Waals surface area contributed by atoms with Gasteiger partial charge in [0.2, 0.25) is 0 Å². The Morgan fingerprint density at radius 3 is 2.45 bits per heavy atom. The van der Waals surface area contributed by atoms with Crippen LogP contribution in [0.15, 0.2) is 46.9 Å². The van der Waals surface area contributed by atoms with Crippen LogP contribution in [0.3, 0.4) is 0 Å². The van der Waals surface area contributed by atoms with Gasteiger partial charge < -0.3 is 0 Å². The van der Waals surface area contributed by atoms with E-state index in [4.69, 9.17) is 0 Å². The molecule has 1 unspecified atom stereocenters. The van der Waals surface area contributed by atoms with Gasteiger partial charge in [-0.2, -0.15) is 0 Å². The predicted molar refractivity (Wildman–Crippen MR) is 103 cm³/mol. The van der Waals surface area contributed by atoms with Crippen molar-refractivity contribution in [2.24, 2.45) is 0 Å². The van der Waals surface area contributed by atoms with Crippen molar-refractivity contribution in [3.05, 3.63) is 67.2 Å². The Morgan fingerprint density at radius 1 is 1.10 bits per heavy atom. The van der Waals surface area contributed by atoms with Gasteiger partial charge in [-0.3, -0.25) is 0 Å². The second kappa shape index (κ2) is 7.95. The van der Waals surface area contributed by atoms with E-state index in [2.05, 4.69) is 104 Å². The topological polar surface area (TPSA) is 0 Å². The molecule has 0 amide bonds. The molecule has 0 N–H and O–H groups in total. The summed E-state index contributed by atoms with van der Waals surface area (Å²) in [4.78, 5) is 0.229. The largest absolute Gasteiger partial charge is 0.0786 e. The minimum Gasteiger partial charge on any atom is -0.0786 e. The lowest BCUT2D eigenvalue weighted by molar-refractivity contribution is 0.795. The minimum absolute atomic E-state index is 0.229. The first-order valence-corrected chi connectivity index (χ1v) is 9.58. The summed E-state index contributed by atoms with van der Waals surface area (Å²) in [5, 5.41) is 0. The lowest BCUT2D eigenvalue weighted by Crippen LogP contribution is -1.95. The summed E-state index contributed by atoms with van der Waals surface area (Å²) in [6.45, 7) is 2.23. The van der Waals surface area contributed by atoms with Gasteiger partial charge in [0.25, 0.3) is 0 Å². The molecule has 2 aromatic rings. The van der Waals surface area contributed by atoms with E-state index in [9.17, 15) is 0 Å². The van der Waals surface area contributed by atoms with Gasteiger partial charge in [-0.25, -0.2) is 0 Å². The van der Waals surface area contributed by atoms with Crippen LogP contribution in [0, 0.1) is 3.57 Å². The van der Waals surface area contributed by atoms with E-state index in [1.54, 1.807) is 0 Å². The van der Waals surface area contributed by atoms with Crippen LogP contribution in [0.2, 0.25) is 0 Å². The van der Waals surface area contributed by atoms with Gasteiger partial charge in [0, 0.05) is 8.04 Å². The minimum atomic E-state index is 0.229. The fourth-order valence-electron chi connectivity index (χ4n) is 2.12. The van der Waals surface area contributed by atoms with E-state index in [1.807, 2.05) is 0 Å². The molecule has 0 aliphatic rings. The third-order valence-corrected chi connectivity index (χ3v) is 5.74. The highest BCUT2D eigenvalue weighted by Gasteiger charge is 2.13. The molecule has 0 aliphatic heterocycles. The summed E-state index contributed by atoms with van der Waals surface area (Å²) in [7, 11) is 0. The van der Waals surface area contributed by atoms with Crippen LogP contribution >= 0.6 is 54.5 Å². The van der Waals surface area contributed by atoms with Gasteiger partial charge in [0.1, 0.15) is 0 Å². The number of hydrogen-bond donors (Lipinski definition) is 0. The van der Waals surface area contributed by atoms with Crippen molar-refractivity contribution in [3.8, 4) is 0 Å². The van der Waals surface area contributed by atoms with E-state index < -0.39 is 0 Å². The van der Waals surface area contributed by atoms with Gasteiger partial charge in [-0.1, -0.05) is 69.5 Å². The molecular formula is C17H17Br2I. The van der Waals surface area contributed by atoms with Crippen molar-refractivity contribution >= 4 is 54.5 Å². The van der Waals surface area contributed by atoms with Crippen molar-refractivity contribution in [2.45, 2.75) is 31.0 Å². The monoisotopic (exact) mass is 506 g/mol. The van der Waals surface area contributed by atoms with E-state index in [1.165, 1.54) is 39.5 Å². The molecule has 0 aliphatic carbocycles. The average Bonchev–Trinajstić information content (AvgIpc) is 2.47. The number of aryl methyl sites for hydroxylation is 1. The van der Waals surface area contributed by atoms with Crippen molar-refractivity contribution in [2.75, 3.05) is 0 Å². The molecule has 0 fully saturated rings. The molecule has 1 atom stereocenters. The predicted octanol–water partition coefficient (Wildman–Crippen LogP) is 6.88. The Kier molecular flexibility index (Phi) is 6.56. The summed E-state index contributed by atoms with van der Waals surface area (Å²) in [5.41, 5.74) is 4.00. The first-order valence-electron chi connectivity index (χ1n) is 6.79. The first kappa shape index (κ1) is 16.5. The maximum absolute atomic E-state index is 3.82. The summed E-state index contributed by atoms with van der Waals surface area (Å²) in [6.07, 6.45) is 3.69. The number of rotatable bonds is 5. The highest BCUT2D eigenvalue weighted by molar-refractivity contribution is 14.1. The number of hydrogen-bond acceptors (Lipinski definition) is 0. The molecule has 0 saturated carbocycles. The molecule has 0 spiro atoms. The molecule has 106 valence electrons. The SMILES string of the molecule is CCCCc1ccc(C(Br)c2cc(I)ccc2Br)cc1. The van der Waals surface area contributed by atoms with E-state index in [-0.39, 0.29) is 4.83 Å². The zero-order valence-electron chi connectivity index (χ0n) is 11.4. The van der Waals surface area contributed by atoms with Crippen molar-refractivity contribution in [1.29, 1.82) is 0 Å². The lowest BCUT2D eigenvalue weighted by Gasteiger charge is -2.14. The number of alkyl halides is 1. The van der Waals surface area contributed by atoms with Gasteiger partial charge in [0.05, 0.1) is 4.83 Å². The average molecular weight is 508 g/mol. The highest BCUT2D eigenvalue weighted by atomic mass is 127. The molecule has 0 heterocycles. The number of unbranched alkanes of at least 4 members (excludes halogenated alkanes) is 1. The second-order valence-corrected chi connectivity index (χ2v) is 7.89.